The van der Waals surface area contributed by atoms with Gasteiger partial charge in [-0.05, 0) is 18.6 Å². The molecule has 0 saturated heterocycles. The van der Waals surface area contributed by atoms with Crippen LogP contribution in [0.1, 0.15) is 5.56 Å². The van der Waals surface area contributed by atoms with E-state index in [0.717, 1.165) is 6.26 Å². The average molecular weight is 219 g/mol. The Labute approximate surface area is 82.8 Å². The zero-order valence-electron chi connectivity index (χ0n) is 7.04. The van der Waals surface area contributed by atoms with E-state index in [-0.39, 0.29) is 0 Å². The first-order valence-corrected chi connectivity index (χ1v) is 5.75. The van der Waals surface area contributed by atoms with Gasteiger partial charge in [0.15, 0.2) is 0 Å². The molecule has 0 fully saturated rings. The number of benzene rings is 1. The molecule has 0 amide bonds. The Morgan fingerprint density at radius 3 is 2.62 bits per heavy atom. The van der Waals surface area contributed by atoms with Crippen molar-refractivity contribution in [1.82, 2.24) is 0 Å². The molecule has 0 heterocycles. The van der Waals surface area contributed by atoms with Crippen LogP contribution in [-0.4, -0.2) is 14.7 Å². The van der Waals surface area contributed by atoms with Crippen LogP contribution in [0, 0.1) is 6.92 Å². The number of rotatable bonds is 2. The summed E-state index contributed by atoms with van der Waals surface area (Å²) in [5.74, 6) is 0. The molecule has 0 bridgehead atoms. The summed E-state index contributed by atoms with van der Waals surface area (Å²) in [6.07, 6.45) is 1.07. The molecule has 0 spiro atoms. The lowest BCUT2D eigenvalue weighted by Gasteiger charge is -2.07. The second-order valence-corrected chi connectivity index (χ2v) is 4.78. The van der Waals surface area contributed by atoms with E-state index in [2.05, 4.69) is 11.6 Å². The summed E-state index contributed by atoms with van der Waals surface area (Å²) in [6, 6.07) is 4.97. The standard InChI is InChI=1S/C8H9ClNO2S/c1-6-4-3-5-7(8(6)9)10-13(2,11)12/h3-5,10H,1H2,2H3. The lowest BCUT2D eigenvalue weighted by Crippen LogP contribution is -2.10. The Hall–Kier alpha value is -0.740. The maximum absolute atomic E-state index is 10.9. The molecule has 1 rings (SSSR count). The second kappa shape index (κ2) is 3.55. The van der Waals surface area contributed by atoms with Gasteiger partial charge in [-0.15, -0.1) is 0 Å². The van der Waals surface area contributed by atoms with Crippen LogP contribution in [0.15, 0.2) is 18.2 Å². The highest BCUT2D eigenvalue weighted by Crippen LogP contribution is 2.25. The van der Waals surface area contributed by atoms with Crippen molar-refractivity contribution in [2.75, 3.05) is 11.0 Å². The van der Waals surface area contributed by atoms with Gasteiger partial charge in [-0.2, -0.15) is 0 Å². The highest BCUT2D eigenvalue weighted by molar-refractivity contribution is 7.92. The van der Waals surface area contributed by atoms with E-state index >= 15 is 0 Å². The molecule has 1 radical (unpaired) electrons. The monoisotopic (exact) mass is 218 g/mol. The predicted octanol–water partition coefficient (Wildman–Crippen LogP) is 1.89. The van der Waals surface area contributed by atoms with E-state index in [1.54, 1.807) is 18.2 Å². The highest BCUT2D eigenvalue weighted by atomic mass is 35.5. The molecule has 0 aliphatic heterocycles. The number of sulfonamides is 1. The number of hydrogen-bond donors (Lipinski definition) is 1. The quantitative estimate of drug-likeness (QED) is 0.824. The fourth-order valence-electron chi connectivity index (χ4n) is 0.858. The van der Waals surface area contributed by atoms with Gasteiger partial charge in [-0.3, -0.25) is 4.72 Å². The molecule has 0 aromatic heterocycles. The van der Waals surface area contributed by atoms with Crippen molar-refractivity contribution in [3.63, 3.8) is 0 Å². The normalized spacial score (nSPS) is 11.3. The van der Waals surface area contributed by atoms with E-state index in [9.17, 15) is 8.42 Å². The van der Waals surface area contributed by atoms with Gasteiger partial charge in [0.1, 0.15) is 0 Å². The van der Waals surface area contributed by atoms with Gasteiger partial charge >= 0.3 is 0 Å². The van der Waals surface area contributed by atoms with Crippen molar-refractivity contribution < 1.29 is 8.42 Å². The average Bonchev–Trinajstić information content (AvgIpc) is 1.96. The number of anilines is 1. The molecule has 13 heavy (non-hydrogen) atoms. The third-order valence-corrected chi connectivity index (χ3v) is 2.41. The SMILES string of the molecule is [CH2]c1cccc(NS(C)(=O)=O)c1Cl. The molecule has 1 N–H and O–H groups in total. The van der Waals surface area contributed by atoms with Crippen LogP contribution >= 0.6 is 11.6 Å². The summed E-state index contributed by atoms with van der Waals surface area (Å²) in [5, 5.41) is 0.327. The number of halogens is 1. The minimum atomic E-state index is -3.28. The van der Waals surface area contributed by atoms with E-state index in [1.807, 2.05) is 0 Å². The molecule has 0 atom stereocenters. The Balaban J connectivity index is 3.10. The van der Waals surface area contributed by atoms with Crippen molar-refractivity contribution in [1.29, 1.82) is 0 Å². The largest absolute Gasteiger partial charge is 0.282 e. The predicted molar refractivity (Wildman–Crippen MR) is 54.4 cm³/mol. The Bertz CT molecular complexity index is 414. The van der Waals surface area contributed by atoms with Crippen LogP contribution in [0.3, 0.4) is 0 Å². The molecule has 5 heteroatoms. The summed E-state index contributed by atoms with van der Waals surface area (Å²) in [6.45, 7) is 3.64. The van der Waals surface area contributed by atoms with Crippen molar-refractivity contribution in [2.24, 2.45) is 0 Å². The molecular weight excluding hydrogens is 210 g/mol. The summed E-state index contributed by atoms with van der Waals surface area (Å²) < 4.78 is 24.0. The van der Waals surface area contributed by atoms with Crippen molar-refractivity contribution in [2.45, 2.75) is 0 Å². The van der Waals surface area contributed by atoms with Gasteiger partial charge in [0.05, 0.1) is 17.0 Å². The first-order chi connectivity index (χ1) is 5.90. The van der Waals surface area contributed by atoms with E-state index in [4.69, 9.17) is 11.6 Å². The van der Waals surface area contributed by atoms with E-state index in [1.165, 1.54) is 0 Å². The summed E-state index contributed by atoms with van der Waals surface area (Å²) in [4.78, 5) is 0. The lowest BCUT2D eigenvalue weighted by molar-refractivity contribution is 0.607. The Morgan fingerprint density at radius 1 is 1.46 bits per heavy atom. The molecule has 1 aromatic rings. The maximum Gasteiger partial charge on any atom is 0.229 e. The van der Waals surface area contributed by atoms with E-state index in [0.29, 0.717) is 16.3 Å². The number of nitrogens with one attached hydrogen (secondary N) is 1. The third kappa shape index (κ3) is 2.90. The summed E-state index contributed by atoms with van der Waals surface area (Å²) in [7, 11) is -3.28. The van der Waals surface area contributed by atoms with Crippen LogP contribution < -0.4 is 4.72 Å². The van der Waals surface area contributed by atoms with Gasteiger partial charge in [-0.25, -0.2) is 8.42 Å². The first kappa shape index (κ1) is 10.3. The topological polar surface area (TPSA) is 46.2 Å². The zero-order valence-corrected chi connectivity index (χ0v) is 8.61. The van der Waals surface area contributed by atoms with Crippen LogP contribution in [0.25, 0.3) is 0 Å². The van der Waals surface area contributed by atoms with Crippen LogP contribution in [0.5, 0.6) is 0 Å². The van der Waals surface area contributed by atoms with E-state index < -0.39 is 10.0 Å². The Morgan fingerprint density at radius 2 is 2.08 bits per heavy atom. The lowest BCUT2D eigenvalue weighted by atomic mass is 10.2. The highest BCUT2D eigenvalue weighted by Gasteiger charge is 2.06. The third-order valence-electron chi connectivity index (χ3n) is 1.37. The minimum absolute atomic E-state index is 0.327. The van der Waals surface area contributed by atoms with Gasteiger partial charge in [0.25, 0.3) is 0 Å². The maximum atomic E-state index is 10.9. The molecule has 71 valence electrons. The van der Waals surface area contributed by atoms with Crippen molar-refractivity contribution in [3.8, 4) is 0 Å². The van der Waals surface area contributed by atoms with Gasteiger partial charge in [-0.1, -0.05) is 23.7 Å². The molecule has 3 nitrogen and oxygen atoms in total. The molecule has 1 aromatic carbocycles. The summed E-state index contributed by atoms with van der Waals surface area (Å²) in [5.41, 5.74) is 0.951. The molecular formula is C8H9ClNO2S. The van der Waals surface area contributed by atoms with Gasteiger partial charge < -0.3 is 0 Å². The Kier molecular flexibility index (Phi) is 2.83. The first-order valence-electron chi connectivity index (χ1n) is 3.48. The number of hydrogen-bond acceptors (Lipinski definition) is 2. The zero-order chi connectivity index (χ0) is 10.1. The van der Waals surface area contributed by atoms with Crippen molar-refractivity contribution in [3.05, 3.63) is 35.7 Å². The van der Waals surface area contributed by atoms with Gasteiger partial charge in [0, 0.05) is 0 Å². The molecule has 0 saturated carbocycles. The van der Waals surface area contributed by atoms with Crippen LogP contribution in [-0.2, 0) is 10.0 Å². The van der Waals surface area contributed by atoms with Gasteiger partial charge in [0.2, 0.25) is 10.0 Å². The fourth-order valence-corrected chi connectivity index (χ4v) is 1.66. The summed E-state index contributed by atoms with van der Waals surface area (Å²) >= 11 is 5.81. The fraction of sp³-hybridized carbons (Fsp3) is 0.125. The smallest absolute Gasteiger partial charge is 0.229 e. The van der Waals surface area contributed by atoms with Crippen LogP contribution in [0.2, 0.25) is 5.02 Å². The minimum Gasteiger partial charge on any atom is -0.282 e. The second-order valence-electron chi connectivity index (χ2n) is 2.65. The molecule has 0 aliphatic rings. The van der Waals surface area contributed by atoms with Crippen molar-refractivity contribution >= 4 is 27.3 Å². The van der Waals surface area contributed by atoms with Crippen LogP contribution in [0.4, 0.5) is 5.69 Å². The molecule has 0 aliphatic carbocycles. The molecule has 0 unspecified atom stereocenters.